The Hall–Kier alpha value is -0.550. The van der Waals surface area contributed by atoms with Gasteiger partial charge in [-0.05, 0) is 42.0 Å². The van der Waals surface area contributed by atoms with E-state index in [0.29, 0.717) is 11.6 Å². The molecule has 1 atom stereocenters. The molecule has 2 nitrogen and oxygen atoms in total. The summed E-state index contributed by atoms with van der Waals surface area (Å²) in [5, 5.41) is 4.10. The van der Waals surface area contributed by atoms with Crippen LogP contribution in [-0.4, -0.2) is 6.54 Å². The summed E-state index contributed by atoms with van der Waals surface area (Å²) >= 11 is 13.1. The average molecular weight is 405 g/mol. The lowest BCUT2D eigenvalue weighted by Crippen LogP contribution is -2.21. The zero-order valence-electron chi connectivity index (χ0n) is 10.0. The van der Waals surface area contributed by atoms with E-state index in [9.17, 15) is 0 Å². The maximum absolute atomic E-state index is 6.24. The van der Waals surface area contributed by atoms with Crippen LogP contribution in [0, 0.1) is 0 Å². The summed E-state index contributed by atoms with van der Waals surface area (Å²) in [7, 11) is 0. The minimum absolute atomic E-state index is 0.0284. The van der Waals surface area contributed by atoms with E-state index in [4.69, 9.17) is 17.3 Å². The van der Waals surface area contributed by atoms with Crippen LogP contribution in [0.1, 0.15) is 11.6 Å². The van der Waals surface area contributed by atoms with Crippen LogP contribution in [0.3, 0.4) is 0 Å². The lowest BCUT2D eigenvalue weighted by molar-refractivity contribution is 0.789. The Morgan fingerprint density at radius 3 is 2.53 bits per heavy atom. The molecule has 0 bridgehead atoms. The number of anilines is 1. The van der Waals surface area contributed by atoms with Gasteiger partial charge in [-0.15, -0.1) is 0 Å². The first kappa shape index (κ1) is 14.9. The molecule has 0 fully saturated rings. The largest absolute Gasteiger partial charge is 0.377 e. The van der Waals surface area contributed by atoms with E-state index >= 15 is 0 Å². The van der Waals surface area contributed by atoms with E-state index < -0.39 is 0 Å². The molecule has 0 aliphatic heterocycles. The maximum Gasteiger partial charge on any atom is 0.0651 e. The van der Waals surface area contributed by atoms with Crippen molar-refractivity contribution in [1.29, 1.82) is 0 Å². The van der Waals surface area contributed by atoms with Crippen LogP contribution in [0.25, 0.3) is 0 Å². The quantitative estimate of drug-likeness (QED) is 0.754. The van der Waals surface area contributed by atoms with Crippen LogP contribution < -0.4 is 11.1 Å². The summed E-state index contributed by atoms with van der Waals surface area (Å²) < 4.78 is 2.01. The number of hydrogen-bond donors (Lipinski definition) is 2. The highest BCUT2D eigenvalue weighted by Crippen LogP contribution is 2.29. The fourth-order valence-corrected chi connectivity index (χ4v) is 2.85. The third-order valence-corrected chi connectivity index (χ3v) is 4.07. The number of hydrogen-bond acceptors (Lipinski definition) is 2. The third-order valence-electron chi connectivity index (χ3n) is 2.73. The van der Waals surface area contributed by atoms with Gasteiger partial charge in [0, 0.05) is 26.2 Å². The fraction of sp³-hybridized carbons (Fsp3) is 0.143. The highest BCUT2D eigenvalue weighted by atomic mass is 79.9. The van der Waals surface area contributed by atoms with E-state index in [-0.39, 0.29) is 6.04 Å². The molecule has 1 unspecified atom stereocenters. The number of rotatable bonds is 4. The lowest BCUT2D eigenvalue weighted by atomic mass is 10.1. The van der Waals surface area contributed by atoms with E-state index in [2.05, 4.69) is 37.2 Å². The molecule has 19 heavy (non-hydrogen) atoms. The second-order valence-corrected chi connectivity index (χ2v) is 6.35. The van der Waals surface area contributed by atoms with Crippen LogP contribution >= 0.6 is 43.5 Å². The molecule has 0 saturated carbocycles. The van der Waals surface area contributed by atoms with Crippen LogP contribution in [0.15, 0.2) is 51.4 Å². The molecule has 0 amide bonds. The van der Waals surface area contributed by atoms with E-state index in [0.717, 1.165) is 20.2 Å². The molecule has 0 aliphatic carbocycles. The molecule has 100 valence electrons. The predicted molar refractivity (Wildman–Crippen MR) is 88.7 cm³/mol. The van der Waals surface area contributed by atoms with Crippen molar-refractivity contribution < 1.29 is 0 Å². The van der Waals surface area contributed by atoms with Gasteiger partial charge in [0.2, 0.25) is 0 Å². The molecular weight excluding hydrogens is 391 g/mol. The summed E-state index contributed by atoms with van der Waals surface area (Å²) in [6.07, 6.45) is 0. The van der Waals surface area contributed by atoms with Crippen molar-refractivity contribution in [3.63, 3.8) is 0 Å². The zero-order valence-corrected chi connectivity index (χ0v) is 14.0. The zero-order chi connectivity index (χ0) is 13.8. The predicted octanol–water partition coefficient (Wildman–Crippen LogP) is 4.98. The van der Waals surface area contributed by atoms with Gasteiger partial charge in [0.15, 0.2) is 0 Å². The number of nitrogens with one attached hydrogen (secondary N) is 1. The topological polar surface area (TPSA) is 38.0 Å². The SMILES string of the molecule is NCC(Nc1cccc(Br)c1)c1cc(Br)ccc1Cl. The first-order chi connectivity index (χ1) is 9.10. The Balaban J connectivity index is 2.27. The van der Waals surface area contributed by atoms with Crippen LogP contribution in [0.4, 0.5) is 5.69 Å². The maximum atomic E-state index is 6.24. The summed E-state index contributed by atoms with van der Waals surface area (Å²) in [4.78, 5) is 0. The highest BCUT2D eigenvalue weighted by Gasteiger charge is 2.13. The molecule has 0 aliphatic rings. The van der Waals surface area contributed by atoms with Gasteiger partial charge in [-0.2, -0.15) is 0 Å². The number of halogens is 3. The van der Waals surface area contributed by atoms with Crippen molar-refractivity contribution in [3.05, 3.63) is 62.0 Å². The van der Waals surface area contributed by atoms with Gasteiger partial charge in [0.25, 0.3) is 0 Å². The molecule has 0 spiro atoms. The first-order valence-electron chi connectivity index (χ1n) is 5.77. The van der Waals surface area contributed by atoms with E-state index in [1.807, 2.05) is 42.5 Å². The minimum Gasteiger partial charge on any atom is -0.377 e. The molecule has 2 aromatic rings. The average Bonchev–Trinajstić information content (AvgIpc) is 2.39. The van der Waals surface area contributed by atoms with Gasteiger partial charge in [-0.3, -0.25) is 0 Å². The molecule has 2 rings (SSSR count). The van der Waals surface area contributed by atoms with Crippen LogP contribution in [0.2, 0.25) is 5.02 Å². The Kier molecular flexibility index (Phi) is 5.28. The van der Waals surface area contributed by atoms with Gasteiger partial charge in [0.05, 0.1) is 6.04 Å². The van der Waals surface area contributed by atoms with Crippen molar-refractivity contribution in [1.82, 2.24) is 0 Å². The van der Waals surface area contributed by atoms with Crippen molar-refractivity contribution in [3.8, 4) is 0 Å². The Labute approximate surface area is 134 Å². The summed E-state index contributed by atoms with van der Waals surface area (Å²) in [5.41, 5.74) is 7.85. The van der Waals surface area contributed by atoms with E-state index in [1.54, 1.807) is 0 Å². The molecule has 3 N–H and O–H groups in total. The van der Waals surface area contributed by atoms with Crippen molar-refractivity contribution in [2.75, 3.05) is 11.9 Å². The van der Waals surface area contributed by atoms with Crippen molar-refractivity contribution in [2.45, 2.75) is 6.04 Å². The first-order valence-corrected chi connectivity index (χ1v) is 7.73. The summed E-state index contributed by atoms with van der Waals surface area (Å²) in [6.45, 7) is 0.461. The van der Waals surface area contributed by atoms with Crippen LogP contribution in [0.5, 0.6) is 0 Å². The smallest absolute Gasteiger partial charge is 0.0651 e. The van der Waals surface area contributed by atoms with Crippen LogP contribution in [-0.2, 0) is 0 Å². The Bertz CT molecular complexity index is 575. The molecule has 5 heteroatoms. The lowest BCUT2D eigenvalue weighted by Gasteiger charge is -2.20. The Morgan fingerprint density at radius 2 is 1.84 bits per heavy atom. The second kappa shape index (κ2) is 6.75. The van der Waals surface area contributed by atoms with E-state index in [1.165, 1.54) is 0 Å². The Morgan fingerprint density at radius 1 is 1.11 bits per heavy atom. The summed E-state index contributed by atoms with van der Waals surface area (Å²) in [5.74, 6) is 0. The minimum atomic E-state index is -0.0284. The molecule has 2 aromatic carbocycles. The van der Waals surface area contributed by atoms with Gasteiger partial charge in [0.1, 0.15) is 0 Å². The molecule has 0 saturated heterocycles. The normalized spacial score (nSPS) is 12.2. The molecular formula is C14H13Br2ClN2. The molecule has 0 heterocycles. The van der Waals surface area contributed by atoms with Crippen molar-refractivity contribution in [2.24, 2.45) is 5.73 Å². The molecule has 0 aromatic heterocycles. The highest BCUT2D eigenvalue weighted by molar-refractivity contribution is 9.10. The molecule has 0 radical (unpaired) electrons. The van der Waals surface area contributed by atoms with Gasteiger partial charge < -0.3 is 11.1 Å². The monoisotopic (exact) mass is 402 g/mol. The third kappa shape index (κ3) is 3.96. The van der Waals surface area contributed by atoms with Crippen molar-refractivity contribution >= 4 is 49.1 Å². The number of nitrogens with two attached hydrogens (primary N) is 1. The number of benzene rings is 2. The standard InChI is InChI=1S/C14H13Br2ClN2/c15-9-2-1-3-11(6-9)19-14(8-18)12-7-10(16)4-5-13(12)17/h1-7,14,19H,8,18H2. The second-order valence-electron chi connectivity index (χ2n) is 4.11. The summed E-state index contributed by atoms with van der Waals surface area (Å²) in [6, 6.07) is 13.7. The van der Waals surface area contributed by atoms with Gasteiger partial charge in [-0.1, -0.05) is 49.5 Å². The van der Waals surface area contributed by atoms with Gasteiger partial charge in [-0.25, -0.2) is 0 Å². The van der Waals surface area contributed by atoms with Gasteiger partial charge >= 0.3 is 0 Å². The fourth-order valence-electron chi connectivity index (χ4n) is 1.82.